The van der Waals surface area contributed by atoms with Gasteiger partial charge in [0, 0.05) is 16.1 Å². The van der Waals surface area contributed by atoms with Crippen LogP contribution in [0.4, 0.5) is 0 Å². The lowest BCUT2D eigenvalue weighted by Crippen LogP contribution is -2.25. The Labute approximate surface area is 147 Å². The maximum Gasteiger partial charge on any atom is 0.119 e. The highest BCUT2D eigenvalue weighted by Gasteiger charge is 2.12. The average Bonchev–Trinajstić information content (AvgIpc) is 3.24. The minimum atomic E-state index is 0.779. The Balaban J connectivity index is 1.45. The number of likely N-dealkylation sites (tertiary alicyclic amines) is 1. The zero-order chi connectivity index (χ0) is 16.4. The first-order valence-electron chi connectivity index (χ1n) is 8.75. The fraction of sp³-hybridized carbons (Fsp3) is 0.333. The fourth-order valence-corrected chi connectivity index (χ4v) is 4.67. The largest absolute Gasteiger partial charge is 0.492 e. The number of hydrogen-bond acceptors (Lipinski definition) is 3. The van der Waals surface area contributed by atoms with Crippen molar-refractivity contribution in [3.8, 4) is 16.2 Å². The molecule has 2 aromatic carbocycles. The Kier molecular flexibility index (Phi) is 4.54. The first-order valence-corrected chi connectivity index (χ1v) is 9.56. The van der Waals surface area contributed by atoms with Crippen LogP contribution in [0.5, 0.6) is 5.75 Å². The maximum absolute atomic E-state index is 5.91. The smallest absolute Gasteiger partial charge is 0.119 e. The van der Waals surface area contributed by atoms with Crippen LogP contribution in [-0.2, 0) is 0 Å². The highest BCUT2D eigenvalue weighted by Crippen LogP contribution is 2.38. The van der Waals surface area contributed by atoms with Gasteiger partial charge in [0.25, 0.3) is 0 Å². The van der Waals surface area contributed by atoms with Gasteiger partial charge in [0.2, 0.25) is 0 Å². The van der Waals surface area contributed by atoms with Gasteiger partial charge in [0.05, 0.1) is 0 Å². The van der Waals surface area contributed by atoms with Gasteiger partial charge in [-0.2, -0.15) is 0 Å². The number of ether oxygens (including phenoxy) is 1. The van der Waals surface area contributed by atoms with Crippen molar-refractivity contribution >= 4 is 21.4 Å². The molecule has 2 heterocycles. The highest BCUT2D eigenvalue weighted by atomic mass is 32.1. The second kappa shape index (κ2) is 6.96. The quantitative estimate of drug-likeness (QED) is 0.622. The molecule has 0 spiro atoms. The summed E-state index contributed by atoms with van der Waals surface area (Å²) in [5, 5.41) is 1.36. The van der Waals surface area contributed by atoms with Crippen molar-refractivity contribution in [1.29, 1.82) is 0 Å². The van der Waals surface area contributed by atoms with Crippen LogP contribution in [0, 0.1) is 6.92 Å². The molecule has 0 N–H and O–H groups in total. The predicted molar refractivity (Wildman–Crippen MR) is 103 cm³/mol. The molecule has 3 aromatic rings. The van der Waals surface area contributed by atoms with Gasteiger partial charge in [0.1, 0.15) is 12.4 Å². The van der Waals surface area contributed by atoms with E-state index in [4.69, 9.17) is 4.74 Å². The second-order valence-corrected chi connectivity index (χ2v) is 7.53. The van der Waals surface area contributed by atoms with Crippen molar-refractivity contribution in [2.24, 2.45) is 0 Å². The van der Waals surface area contributed by atoms with Gasteiger partial charge < -0.3 is 4.74 Å². The van der Waals surface area contributed by atoms with Gasteiger partial charge in [-0.3, -0.25) is 4.90 Å². The molecular formula is C21H23NOS. The summed E-state index contributed by atoms with van der Waals surface area (Å²) < 4.78 is 7.27. The zero-order valence-electron chi connectivity index (χ0n) is 14.1. The molecule has 2 nitrogen and oxygen atoms in total. The number of thiophene rings is 1. The van der Waals surface area contributed by atoms with E-state index >= 15 is 0 Å². The first kappa shape index (κ1) is 15.7. The molecule has 24 heavy (non-hydrogen) atoms. The normalized spacial score (nSPS) is 15.2. The van der Waals surface area contributed by atoms with Crippen LogP contribution in [0.3, 0.4) is 0 Å². The van der Waals surface area contributed by atoms with E-state index in [2.05, 4.69) is 60.4 Å². The number of benzene rings is 2. The predicted octanol–water partition coefficient (Wildman–Crippen LogP) is 5.35. The molecule has 1 aliphatic rings. The lowest BCUT2D eigenvalue weighted by Gasteiger charge is -2.15. The van der Waals surface area contributed by atoms with Crippen LogP contribution >= 0.6 is 11.3 Å². The molecular weight excluding hydrogens is 314 g/mol. The Hall–Kier alpha value is -1.84. The van der Waals surface area contributed by atoms with E-state index in [9.17, 15) is 0 Å². The topological polar surface area (TPSA) is 12.5 Å². The molecule has 1 saturated heterocycles. The van der Waals surface area contributed by atoms with Crippen molar-refractivity contribution in [2.45, 2.75) is 19.8 Å². The molecule has 0 saturated carbocycles. The number of nitrogens with zero attached hydrogens (tertiary/aromatic N) is 1. The Bertz CT molecular complexity index is 815. The summed E-state index contributed by atoms with van der Waals surface area (Å²) in [5.74, 6) is 0.969. The average molecular weight is 337 g/mol. The molecule has 1 aliphatic heterocycles. The number of rotatable bonds is 5. The van der Waals surface area contributed by atoms with Gasteiger partial charge in [0.15, 0.2) is 0 Å². The van der Waals surface area contributed by atoms with Crippen LogP contribution in [0.1, 0.15) is 18.4 Å². The van der Waals surface area contributed by atoms with E-state index < -0.39 is 0 Å². The molecule has 0 atom stereocenters. The van der Waals surface area contributed by atoms with Gasteiger partial charge in [-0.1, -0.05) is 18.2 Å². The van der Waals surface area contributed by atoms with Gasteiger partial charge >= 0.3 is 0 Å². The fourth-order valence-electron chi connectivity index (χ4n) is 3.45. The summed E-state index contributed by atoms with van der Waals surface area (Å²) in [6, 6.07) is 17.2. The Morgan fingerprint density at radius 1 is 1.00 bits per heavy atom. The standard InChI is InChI=1S/C21H23NOS/c1-16-19-6-2-3-7-20(19)24-21(16)17-8-10-18(11-9-17)23-15-14-22-12-4-5-13-22/h2-3,6-11H,4-5,12-15H2,1H3. The summed E-state index contributed by atoms with van der Waals surface area (Å²) in [6.45, 7) is 6.49. The number of hydrogen-bond donors (Lipinski definition) is 0. The lowest BCUT2D eigenvalue weighted by atomic mass is 10.1. The minimum Gasteiger partial charge on any atom is -0.492 e. The lowest BCUT2D eigenvalue weighted by molar-refractivity contribution is 0.238. The molecule has 124 valence electrons. The summed E-state index contributed by atoms with van der Waals surface area (Å²) in [4.78, 5) is 3.84. The zero-order valence-corrected chi connectivity index (χ0v) is 14.9. The molecule has 1 fully saturated rings. The van der Waals surface area contributed by atoms with E-state index in [1.807, 2.05) is 11.3 Å². The van der Waals surface area contributed by atoms with E-state index in [0.29, 0.717) is 0 Å². The molecule has 1 aromatic heterocycles. The van der Waals surface area contributed by atoms with Crippen molar-refractivity contribution < 1.29 is 4.74 Å². The van der Waals surface area contributed by atoms with Crippen molar-refractivity contribution in [3.63, 3.8) is 0 Å². The Morgan fingerprint density at radius 2 is 1.75 bits per heavy atom. The minimum absolute atomic E-state index is 0.779. The summed E-state index contributed by atoms with van der Waals surface area (Å²) in [6.07, 6.45) is 2.67. The van der Waals surface area contributed by atoms with E-state index in [0.717, 1.165) is 18.9 Å². The summed E-state index contributed by atoms with van der Waals surface area (Å²) in [7, 11) is 0. The van der Waals surface area contributed by atoms with Crippen LogP contribution in [0.15, 0.2) is 48.5 Å². The molecule has 0 bridgehead atoms. The monoisotopic (exact) mass is 337 g/mol. The first-order chi connectivity index (χ1) is 11.8. The van der Waals surface area contributed by atoms with Crippen LogP contribution < -0.4 is 4.74 Å². The van der Waals surface area contributed by atoms with Crippen molar-refractivity contribution in [1.82, 2.24) is 4.90 Å². The number of aryl methyl sites for hydroxylation is 1. The third kappa shape index (κ3) is 3.19. The molecule has 0 radical (unpaired) electrons. The van der Waals surface area contributed by atoms with E-state index in [-0.39, 0.29) is 0 Å². The third-order valence-corrected chi connectivity index (χ3v) is 6.16. The van der Waals surface area contributed by atoms with Crippen molar-refractivity contribution in [2.75, 3.05) is 26.2 Å². The summed E-state index contributed by atoms with van der Waals surface area (Å²) >= 11 is 1.87. The molecule has 3 heteroatoms. The van der Waals surface area contributed by atoms with Gasteiger partial charge in [-0.05, 0) is 79.7 Å². The third-order valence-electron chi connectivity index (χ3n) is 4.84. The van der Waals surface area contributed by atoms with Crippen molar-refractivity contribution in [3.05, 3.63) is 54.1 Å². The second-order valence-electron chi connectivity index (χ2n) is 6.47. The highest BCUT2D eigenvalue weighted by molar-refractivity contribution is 7.22. The van der Waals surface area contributed by atoms with Gasteiger partial charge in [-0.15, -0.1) is 11.3 Å². The SMILES string of the molecule is Cc1c(-c2ccc(OCCN3CCCC3)cc2)sc2ccccc12. The molecule has 4 rings (SSSR count). The van der Waals surface area contributed by atoms with E-state index in [1.165, 1.54) is 52.0 Å². The van der Waals surface area contributed by atoms with Crippen LogP contribution in [-0.4, -0.2) is 31.1 Å². The maximum atomic E-state index is 5.91. The van der Waals surface area contributed by atoms with E-state index in [1.54, 1.807) is 0 Å². The Morgan fingerprint density at radius 3 is 2.50 bits per heavy atom. The molecule has 0 aliphatic carbocycles. The molecule has 0 unspecified atom stereocenters. The summed E-state index contributed by atoms with van der Waals surface area (Å²) in [5.41, 5.74) is 2.65. The van der Waals surface area contributed by atoms with Gasteiger partial charge in [-0.25, -0.2) is 0 Å². The van der Waals surface area contributed by atoms with Crippen LogP contribution in [0.2, 0.25) is 0 Å². The van der Waals surface area contributed by atoms with Crippen LogP contribution in [0.25, 0.3) is 20.5 Å². The molecule has 0 amide bonds. The number of fused-ring (bicyclic) bond motifs is 1.